The van der Waals surface area contributed by atoms with Gasteiger partial charge in [-0.15, -0.1) is 0 Å². The normalized spacial score (nSPS) is 18.5. The van der Waals surface area contributed by atoms with Gasteiger partial charge in [0.25, 0.3) is 0 Å². The average Bonchev–Trinajstić information content (AvgIpc) is 2.60. The number of piperidine rings is 1. The Morgan fingerprint density at radius 2 is 1.87 bits per heavy atom. The summed E-state index contributed by atoms with van der Waals surface area (Å²) < 4.78 is 26.6. The number of nitrogens with one attached hydrogen (secondary N) is 1. The van der Waals surface area contributed by atoms with Crippen LogP contribution >= 0.6 is 0 Å². The lowest BCUT2D eigenvalue weighted by molar-refractivity contribution is -0.124. The largest absolute Gasteiger partial charge is 0.356 e. The number of amides is 1. The predicted octanol–water partition coefficient (Wildman–Crippen LogP) is 2.25. The summed E-state index contributed by atoms with van der Waals surface area (Å²) in [7, 11) is -3.39. The smallest absolute Gasteiger partial charge is 0.243 e. The zero-order valence-electron chi connectivity index (χ0n) is 13.9. The second-order valence-corrected chi connectivity index (χ2v) is 8.15. The van der Waals surface area contributed by atoms with Gasteiger partial charge in [-0.3, -0.25) is 4.79 Å². The van der Waals surface area contributed by atoms with Crippen LogP contribution in [0.4, 0.5) is 0 Å². The molecule has 5 nitrogen and oxygen atoms in total. The quantitative estimate of drug-likeness (QED) is 0.865. The van der Waals surface area contributed by atoms with Crippen LogP contribution in [0.3, 0.4) is 0 Å². The SMILES string of the molecule is CC[C@H](C)C(=O)NCC1CCN(S(=O)(=O)c2ccccc2)CC1. The topological polar surface area (TPSA) is 66.5 Å². The third-order valence-corrected chi connectivity index (χ3v) is 6.49. The van der Waals surface area contributed by atoms with Crippen molar-refractivity contribution in [3.05, 3.63) is 30.3 Å². The zero-order chi connectivity index (χ0) is 16.9. The number of hydrogen-bond acceptors (Lipinski definition) is 3. The van der Waals surface area contributed by atoms with E-state index in [1.807, 2.05) is 19.9 Å². The minimum atomic E-state index is -3.39. The van der Waals surface area contributed by atoms with Crippen molar-refractivity contribution < 1.29 is 13.2 Å². The van der Waals surface area contributed by atoms with Gasteiger partial charge in [-0.1, -0.05) is 32.0 Å². The molecule has 1 aromatic carbocycles. The van der Waals surface area contributed by atoms with E-state index in [4.69, 9.17) is 0 Å². The highest BCUT2D eigenvalue weighted by Gasteiger charge is 2.29. The van der Waals surface area contributed by atoms with Crippen LogP contribution in [0, 0.1) is 11.8 Å². The summed E-state index contributed by atoms with van der Waals surface area (Å²) in [5, 5.41) is 2.98. The molecule has 0 aromatic heterocycles. The molecular formula is C17H26N2O3S. The van der Waals surface area contributed by atoms with E-state index in [-0.39, 0.29) is 11.8 Å². The minimum absolute atomic E-state index is 0.0357. The number of nitrogens with zero attached hydrogens (tertiary/aromatic N) is 1. The number of hydrogen-bond donors (Lipinski definition) is 1. The maximum atomic E-state index is 12.5. The van der Waals surface area contributed by atoms with Gasteiger partial charge in [0.05, 0.1) is 4.90 Å². The minimum Gasteiger partial charge on any atom is -0.356 e. The Morgan fingerprint density at radius 1 is 1.26 bits per heavy atom. The van der Waals surface area contributed by atoms with Crippen LogP contribution in [0.5, 0.6) is 0 Å². The van der Waals surface area contributed by atoms with Crippen molar-refractivity contribution in [2.75, 3.05) is 19.6 Å². The van der Waals surface area contributed by atoms with Crippen molar-refractivity contribution >= 4 is 15.9 Å². The highest BCUT2D eigenvalue weighted by atomic mass is 32.2. The summed E-state index contributed by atoms with van der Waals surface area (Å²) in [5.41, 5.74) is 0. The van der Waals surface area contributed by atoms with Crippen LogP contribution in [-0.2, 0) is 14.8 Å². The molecule has 1 aromatic rings. The third-order valence-electron chi connectivity index (χ3n) is 4.58. The van der Waals surface area contributed by atoms with Gasteiger partial charge >= 0.3 is 0 Å². The van der Waals surface area contributed by atoms with Crippen LogP contribution in [0.1, 0.15) is 33.1 Å². The number of carbonyl (C=O) groups excluding carboxylic acids is 1. The van der Waals surface area contributed by atoms with E-state index >= 15 is 0 Å². The second-order valence-electron chi connectivity index (χ2n) is 6.21. The average molecular weight is 338 g/mol. The van der Waals surface area contributed by atoms with Gasteiger partial charge in [-0.25, -0.2) is 8.42 Å². The molecule has 1 N–H and O–H groups in total. The molecule has 1 heterocycles. The Hall–Kier alpha value is -1.40. The summed E-state index contributed by atoms with van der Waals surface area (Å²) in [6.07, 6.45) is 2.40. The molecule has 0 saturated carbocycles. The zero-order valence-corrected chi connectivity index (χ0v) is 14.7. The second kappa shape index (κ2) is 7.93. The molecule has 1 amide bonds. The third kappa shape index (κ3) is 4.54. The van der Waals surface area contributed by atoms with E-state index in [0.29, 0.717) is 30.4 Å². The Labute approximate surface area is 139 Å². The van der Waals surface area contributed by atoms with E-state index < -0.39 is 10.0 Å². The highest BCUT2D eigenvalue weighted by molar-refractivity contribution is 7.89. The van der Waals surface area contributed by atoms with Gasteiger partial charge in [-0.05, 0) is 37.3 Å². The molecule has 128 valence electrons. The molecule has 0 aliphatic carbocycles. The van der Waals surface area contributed by atoms with E-state index in [1.165, 1.54) is 0 Å². The monoisotopic (exact) mass is 338 g/mol. The molecule has 2 rings (SSSR count). The lowest BCUT2D eigenvalue weighted by Gasteiger charge is -2.31. The molecule has 1 saturated heterocycles. The molecule has 1 aliphatic rings. The number of rotatable bonds is 6. The lowest BCUT2D eigenvalue weighted by Crippen LogP contribution is -2.42. The van der Waals surface area contributed by atoms with Crippen LogP contribution in [0.25, 0.3) is 0 Å². The fourth-order valence-electron chi connectivity index (χ4n) is 2.70. The highest BCUT2D eigenvalue weighted by Crippen LogP contribution is 2.23. The molecule has 23 heavy (non-hydrogen) atoms. The fourth-order valence-corrected chi connectivity index (χ4v) is 4.19. The van der Waals surface area contributed by atoms with Crippen LogP contribution in [0.2, 0.25) is 0 Å². The summed E-state index contributed by atoms with van der Waals surface area (Å²) in [6.45, 7) is 5.59. The fraction of sp³-hybridized carbons (Fsp3) is 0.588. The molecule has 1 fully saturated rings. The lowest BCUT2D eigenvalue weighted by atomic mass is 9.98. The van der Waals surface area contributed by atoms with Gasteiger partial charge in [0.15, 0.2) is 0 Å². The number of sulfonamides is 1. The van der Waals surface area contributed by atoms with Crippen molar-refractivity contribution in [2.45, 2.75) is 38.0 Å². The maximum Gasteiger partial charge on any atom is 0.243 e. The summed E-state index contributed by atoms with van der Waals surface area (Å²) in [6, 6.07) is 8.56. The first kappa shape index (κ1) is 17.9. The van der Waals surface area contributed by atoms with Gasteiger partial charge in [0.1, 0.15) is 0 Å². The van der Waals surface area contributed by atoms with E-state index in [2.05, 4.69) is 5.32 Å². The Bertz CT molecular complexity index is 608. The van der Waals surface area contributed by atoms with Gasteiger partial charge in [0, 0.05) is 25.6 Å². The van der Waals surface area contributed by atoms with Crippen molar-refractivity contribution in [2.24, 2.45) is 11.8 Å². The predicted molar refractivity (Wildman–Crippen MR) is 90.4 cm³/mol. The Morgan fingerprint density at radius 3 is 2.43 bits per heavy atom. The van der Waals surface area contributed by atoms with Crippen molar-refractivity contribution in [3.63, 3.8) is 0 Å². The van der Waals surface area contributed by atoms with Crippen molar-refractivity contribution in [3.8, 4) is 0 Å². The summed E-state index contributed by atoms with van der Waals surface area (Å²) in [5.74, 6) is 0.477. The first-order chi connectivity index (χ1) is 10.9. The molecule has 0 unspecified atom stereocenters. The molecule has 0 spiro atoms. The molecule has 6 heteroatoms. The van der Waals surface area contributed by atoms with E-state index in [9.17, 15) is 13.2 Å². The molecule has 1 atom stereocenters. The molecular weight excluding hydrogens is 312 g/mol. The summed E-state index contributed by atoms with van der Waals surface area (Å²) >= 11 is 0. The summed E-state index contributed by atoms with van der Waals surface area (Å²) in [4.78, 5) is 12.2. The standard InChI is InChI=1S/C17H26N2O3S/c1-3-14(2)17(20)18-13-15-9-11-19(12-10-15)23(21,22)16-7-5-4-6-8-16/h4-8,14-15H,3,9-13H2,1-2H3,(H,18,20)/t14-/m0/s1. The van der Waals surface area contributed by atoms with E-state index in [0.717, 1.165) is 19.3 Å². The molecule has 1 aliphatic heterocycles. The van der Waals surface area contributed by atoms with Crippen LogP contribution in [0.15, 0.2) is 35.2 Å². The van der Waals surface area contributed by atoms with Crippen molar-refractivity contribution in [1.82, 2.24) is 9.62 Å². The van der Waals surface area contributed by atoms with Gasteiger partial charge in [0.2, 0.25) is 15.9 Å². The van der Waals surface area contributed by atoms with E-state index in [1.54, 1.807) is 28.6 Å². The maximum absolute atomic E-state index is 12.5. The Kier molecular flexibility index (Phi) is 6.18. The van der Waals surface area contributed by atoms with Crippen LogP contribution in [-0.4, -0.2) is 38.3 Å². The first-order valence-electron chi connectivity index (χ1n) is 8.28. The molecule has 0 bridgehead atoms. The van der Waals surface area contributed by atoms with Crippen molar-refractivity contribution in [1.29, 1.82) is 0 Å². The number of benzene rings is 1. The molecule has 0 radical (unpaired) electrons. The number of carbonyl (C=O) groups is 1. The first-order valence-corrected chi connectivity index (χ1v) is 9.72. The van der Waals surface area contributed by atoms with Crippen LogP contribution < -0.4 is 5.32 Å². The van der Waals surface area contributed by atoms with Gasteiger partial charge in [-0.2, -0.15) is 4.31 Å². The Balaban J connectivity index is 1.86. The van der Waals surface area contributed by atoms with Gasteiger partial charge < -0.3 is 5.32 Å².